The van der Waals surface area contributed by atoms with Crippen LogP contribution in [0.15, 0.2) is 48.5 Å². The zero-order chi connectivity index (χ0) is 12.3. The van der Waals surface area contributed by atoms with Crippen molar-refractivity contribution >= 4 is 17.1 Å². The maximum atomic E-state index is 5.67. The van der Waals surface area contributed by atoms with Crippen LogP contribution in [0.4, 0.5) is 17.1 Å². The third-order valence-corrected chi connectivity index (χ3v) is 2.74. The summed E-state index contributed by atoms with van der Waals surface area (Å²) in [6.45, 7) is 0. The minimum atomic E-state index is 0.775. The van der Waals surface area contributed by atoms with Crippen LogP contribution in [0, 0.1) is 0 Å². The average Bonchev–Trinajstić information content (AvgIpc) is 2.39. The van der Waals surface area contributed by atoms with E-state index in [2.05, 4.69) is 4.90 Å². The number of ether oxygens (including phenoxy) is 1. The molecule has 3 heteroatoms. The fourth-order valence-corrected chi connectivity index (χ4v) is 1.65. The zero-order valence-electron chi connectivity index (χ0n) is 10.1. The van der Waals surface area contributed by atoms with Crippen molar-refractivity contribution < 1.29 is 4.74 Å². The lowest BCUT2D eigenvalue weighted by molar-refractivity contribution is 0.415. The molecule has 0 aliphatic rings. The van der Waals surface area contributed by atoms with Gasteiger partial charge in [-0.25, -0.2) is 0 Å². The minimum absolute atomic E-state index is 0.775. The van der Waals surface area contributed by atoms with E-state index in [1.807, 2.05) is 55.6 Å². The van der Waals surface area contributed by atoms with Crippen molar-refractivity contribution in [2.24, 2.45) is 0 Å². The summed E-state index contributed by atoms with van der Waals surface area (Å²) in [6, 6.07) is 15.7. The second kappa shape index (κ2) is 4.78. The van der Waals surface area contributed by atoms with Gasteiger partial charge in [-0.2, -0.15) is 0 Å². The highest BCUT2D eigenvalue weighted by Crippen LogP contribution is 2.25. The first-order valence-electron chi connectivity index (χ1n) is 5.44. The molecule has 0 unspecified atom stereocenters. The van der Waals surface area contributed by atoms with Crippen LogP contribution in [0.3, 0.4) is 0 Å². The third-order valence-electron chi connectivity index (χ3n) is 2.74. The van der Waals surface area contributed by atoms with Crippen LogP contribution in [0.2, 0.25) is 0 Å². The van der Waals surface area contributed by atoms with E-state index in [0.717, 1.165) is 22.8 Å². The number of methoxy groups -OCH3 is 1. The lowest BCUT2D eigenvalue weighted by atomic mass is 10.2. The van der Waals surface area contributed by atoms with Gasteiger partial charge in [0.25, 0.3) is 0 Å². The van der Waals surface area contributed by atoms with E-state index in [1.165, 1.54) is 0 Å². The molecule has 0 aromatic heterocycles. The molecule has 2 rings (SSSR count). The molecule has 17 heavy (non-hydrogen) atoms. The van der Waals surface area contributed by atoms with E-state index in [0.29, 0.717) is 0 Å². The second-order valence-corrected chi connectivity index (χ2v) is 3.85. The summed E-state index contributed by atoms with van der Waals surface area (Å²) >= 11 is 0. The van der Waals surface area contributed by atoms with Gasteiger partial charge < -0.3 is 15.4 Å². The molecule has 2 aromatic carbocycles. The first-order chi connectivity index (χ1) is 8.20. The van der Waals surface area contributed by atoms with Gasteiger partial charge in [-0.15, -0.1) is 0 Å². The van der Waals surface area contributed by atoms with Crippen molar-refractivity contribution in [3.63, 3.8) is 0 Å². The Bertz CT molecular complexity index is 477. The molecule has 0 saturated heterocycles. The average molecular weight is 228 g/mol. The number of rotatable bonds is 3. The van der Waals surface area contributed by atoms with E-state index in [1.54, 1.807) is 7.11 Å². The third kappa shape index (κ3) is 2.50. The maximum Gasteiger partial charge on any atom is 0.119 e. The van der Waals surface area contributed by atoms with Gasteiger partial charge in [0.1, 0.15) is 5.75 Å². The highest BCUT2D eigenvalue weighted by molar-refractivity contribution is 5.64. The monoisotopic (exact) mass is 228 g/mol. The first-order valence-corrected chi connectivity index (χ1v) is 5.44. The SMILES string of the molecule is COc1ccc(N(C)c2ccc(N)cc2)cc1. The smallest absolute Gasteiger partial charge is 0.119 e. The molecule has 0 aliphatic heterocycles. The molecule has 0 aliphatic carbocycles. The Morgan fingerprint density at radius 3 is 1.82 bits per heavy atom. The number of nitrogen functional groups attached to an aromatic ring is 1. The van der Waals surface area contributed by atoms with E-state index < -0.39 is 0 Å². The van der Waals surface area contributed by atoms with E-state index in [4.69, 9.17) is 10.5 Å². The summed E-state index contributed by atoms with van der Waals surface area (Å²) in [6.07, 6.45) is 0. The van der Waals surface area contributed by atoms with Gasteiger partial charge in [-0.05, 0) is 48.5 Å². The number of nitrogens with zero attached hydrogens (tertiary/aromatic N) is 1. The van der Waals surface area contributed by atoms with Crippen molar-refractivity contribution in [2.45, 2.75) is 0 Å². The summed E-state index contributed by atoms with van der Waals surface area (Å²) in [7, 11) is 3.69. The van der Waals surface area contributed by atoms with Gasteiger partial charge in [0, 0.05) is 24.1 Å². The molecule has 3 nitrogen and oxygen atoms in total. The van der Waals surface area contributed by atoms with Crippen LogP contribution in [-0.4, -0.2) is 14.2 Å². The number of anilines is 3. The molecule has 0 radical (unpaired) electrons. The second-order valence-electron chi connectivity index (χ2n) is 3.85. The molecule has 0 fully saturated rings. The maximum absolute atomic E-state index is 5.67. The van der Waals surface area contributed by atoms with Crippen LogP contribution in [-0.2, 0) is 0 Å². The van der Waals surface area contributed by atoms with Crippen LogP contribution >= 0.6 is 0 Å². The summed E-state index contributed by atoms with van der Waals surface area (Å²) in [4.78, 5) is 2.10. The molecular formula is C14H16N2O. The number of benzene rings is 2. The fourth-order valence-electron chi connectivity index (χ4n) is 1.65. The van der Waals surface area contributed by atoms with Gasteiger partial charge in [-0.3, -0.25) is 0 Å². The standard InChI is InChI=1S/C14H16N2O/c1-16(12-5-3-11(15)4-6-12)13-7-9-14(17-2)10-8-13/h3-10H,15H2,1-2H3. The van der Waals surface area contributed by atoms with E-state index in [9.17, 15) is 0 Å². The van der Waals surface area contributed by atoms with Gasteiger partial charge in [0.15, 0.2) is 0 Å². The molecule has 2 N–H and O–H groups in total. The molecule has 0 saturated carbocycles. The normalized spacial score (nSPS) is 10.0. The van der Waals surface area contributed by atoms with Gasteiger partial charge in [-0.1, -0.05) is 0 Å². The van der Waals surface area contributed by atoms with Crippen molar-refractivity contribution in [3.05, 3.63) is 48.5 Å². The van der Waals surface area contributed by atoms with Crippen LogP contribution in [0.1, 0.15) is 0 Å². The van der Waals surface area contributed by atoms with Crippen molar-refractivity contribution in [3.8, 4) is 5.75 Å². The molecule has 88 valence electrons. The van der Waals surface area contributed by atoms with Crippen molar-refractivity contribution in [1.82, 2.24) is 0 Å². The van der Waals surface area contributed by atoms with Crippen molar-refractivity contribution in [2.75, 3.05) is 24.8 Å². The molecule has 0 bridgehead atoms. The van der Waals surface area contributed by atoms with Crippen LogP contribution < -0.4 is 15.4 Å². The lowest BCUT2D eigenvalue weighted by Gasteiger charge is -2.19. The van der Waals surface area contributed by atoms with E-state index >= 15 is 0 Å². The number of hydrogen-bond donors (Lipinski definition) is 1. The Morgan fingerprint density at radius 1 is 0.882 bits per heavy atom. The largest absolute Gasteiger partial charge is 0.497 e. The summed E-state index contributed by atoms with van der Waals surface area (Å²) < 4.78 is 5.14. The van der Waals surface area contributed by atoms with Gasteiger partial charge in [0.05, 0.1) is 7.11 Å². The van der Waals surface area contributed by atoms with Gasteiger partial charge in [0.2, 0.25) is 0 Å². The van der Waals surface area contributed by atoms with Crippen LogP contribution in [0.25, 0.3) is 0 Å². The van der Waals surface area contributed by atoms with E-state index in [-0.39, 0.29) is 0 Å². The Labute approximate surface area is 101 Å². The summed E-state index contributed by atoms with van der Waals surface area (Å²) in [5.41, 5.74) is 8.65. The Balaban J connectivity index is 2.23. The highest BCUT2D eigenvalue weighted by Gasteiger charge is 2.03. The van der Waals surface area contributed by atoms with Gasteiger partial charge >= 0.3 is 0 Å². The summed E-state index contributed by atoms with van der Waals surface area (Å²) in [5.74, 6) is 0.861. The Hall–Kier alpha value is -2.16. The van der Waals surface area contributed by atoms with Crippen molar-refractivity contribution in [1.29, 1.82) is 0 Å². The molecule has 0 atom stereocenters. The number of nitrogens with two attached hydrogens (primary N) is 1. The fraction of sp³-hybridized carbons (Fsp3) is 0.143. The molecule has 2 aromatic rings. The quantitative estimate of drug-likeness (QED) is 0.820. The highest BCUT2D eigenvalue weighted by atomic mass is 16.5. The predicted octanol–water partition coefficient (Wildman–Crippen LogP) is 3.05. The Morgan fingerprint density at radius 2 is 1.35 bits per heavy atom. The molecular weight excluding hydrogens is 212 g/mol. The molecule has 0 heterocycles. The zero-order valence-corrected chi connectivity index (χ0v) is 10.1. The lowest BCUT2D eigenvalue weighted by Crippen LogP contribution is -2.09. The number of hydrogen-bond acceptors (Lipinski definition) is 3. The molecule has 0 amide bonds. The predicted molar refractivity (Wildman–Crippen MR) is 71.9 cm³/mol. The topological polar surface area (TPSA) is 38.5 Å². The first kappa shape index (κ1) is 11.3. The minimum Gasteiger partial charge on any atom is -0.497 e. The Kier molecular flexibility index (Phi) is 3.19. The summed E-state index contributed by atoms with van der Waals surface area (Å²) in [5, 5.41) is 0. The molecule has 0 spiro atoms. The van der Waals surface area contributed by atoms with Crippen LogP contribution in [0.5, 0.6) is 5.75 Å².